The van der Waals surface area contributed by atoms with Crippen molar-refractivity contribution in [3.8, 4) is 0 Å². The minimum Gasteiger partial charge on any atom is -0.477 e. The average molecular weight is 226 g/mol. The molecule has 0 saturated carbocycles. The topological polar surface area (TPSA) is 55.1 Å². The molecule has 15 heavy (non-hydrogen) atoms. The van der Waals surface area contributed by atoms with E-state index in [0.717, 1.165) is 0 Å². The molecule has 0 aromatic carbocycles. The molecule has 1 rings (SSSR count). The molecule has 0 aliphatic rings. The number of alkyl halides is 4. The van der Waals surface area contributed by atoms with E-state index in [1.807, 2.05) is 0 Å². The van der Waals surface area contributed by atoms with Gasteiger partial charge in [-0.2, -0.15) is 18.3 Å². The van der Waals surface area contributed by atoms with Gasteiger partial charge in [0.15, 0.2) is 5.69 Å². The van der Waals surface area contributed by atoms with Gasteiger partial charge in [0.25, 0.3) is 0 Å². The molecule has 8 heteroatoms. The Kier molecular flexibility index (Phi) is 2.96. The van der Waals surface area contributed by atoms with Gasteiger partial charge in [0.2, 0.25) is 0 Å². The van der Waals surface area contributed by atoms with Crippen LogP contribution < -0.4 is 0 Å². The fourth-order valence-electron chi connectivity index (χ4n) is 0.978. The van der Waals surface area contributed by atoms with E-state index in [2.05, 4.69) is 5.10 Å². The van der Waals surface area contributed by atoms with Gasteiger partial charge in [-0.1, -0.05) is 0 Å². The van der Waals surface area contributed by atoms with E-state index in [1.165, 1.54) is 0 Å². The van der Waals surface area contributed by atoms with Crippen molar-refractivity contribution in [1.29, 1.82) is 0 Å². The highest BCUT2D eigenvalue weighted by Gasteiger charge is 2.35. The largest absolute Gasteiger partial charge is 0.477 e. The van der Waals surface area contributed by atoms with Crippen molar-refractivity contribution < 1.29 is 27.5 Å². The first-order valence-corrected chi connectivity index (χ1v) is 3.80. The molecule has 0 fully saturated rings. The van der Waals surface area contributed by atoms with Crippen LogP contribution in [0.2, 0.25) is 0 Å². The highest BCUT2D eigenvalue weighted by Crippen LogP contribution is 2.28. The molecule has 84 valence electrons. The van der Waals surface area contributed by atoms with Gasteiger partial charge >= 0.3 is 12.1 Å². The molecule has 0 aliphatic heterocycles. The summed E-state index contributed by atoms with van der Waals surface area (Å²) in [5, 5.41) is 11.5. The maximum atomic E-state index is 12.1. The van der Waals surface area contributed by atoms with Gasteiger partial charge in [-0.05, 0) is 0 Å². The van der Waals surface area contributed by atoms with Crippen LogP contribution in [0.5, 0.6) is 0 Å². The third-order valence-corrected chi connectivity index (χ3v) is 1.59. The number of aromatic carboxylic acids is 1. The van der Waals surface area contributed by atoms with Gasteiger partial charge in [0.05, 0.1) is 6.54 Å². The second kappa shape index (κ2) is 3.87. The molecule has 1 aromatic rings. The minimum absolute atomic E-state index is 0.373. The van der Waals surface area contributed by atoms with Gasteiger partial charge in [-0.3, -0.25) is 4.68 Å². The Balaban J connectivity index is 3.15. The Labute approximate surface area is 81.1 Å². The van der Waals surface area contributed by atoms with Crippen molar-refractivity contribution in [2.24, 2.45) is 0 Å². The number of halogens is 4. The maximum Gasteiger partial charge on any atom is 0.435 e. The summed E-state index contributed by atoms with van der Waals surface area (Å²) < 4.78 is 48.7. The Morgan fingerprint density at radius 1 is 1.53 bits per heavy atom. The first-order chi connectivity index (χ1) is 6.86. The van der Waals surface area contributed by atoms with Crippen LogP contribution in [-0.4, -0.2) is 27.5 Å². The summed E-state index contributed by atoms with van der Waals surface area (Å²) in [4.78, 5) is 10.5. The molecule has 0 atom stereocenters. The summed E-state index contributed by atoms with van der Waals surface area (Å²) in [5.74, 6) is -1.58. The van der Waals surface area contributed by atoms with Crippen LogP contribution in [0.3, 0.4) is 0 Å². The summed E-state index contributed by atoms with van der Waals surface area (Å²) >= 11 is 0. The van der Waals surface area contributed by atoms with E-state index in [-0.39, 0.29) is 0 Å². The smallest absolute Gasteiger partial charge is 0.435 e. The third-order valence-electron chi connectivity index (χ3n) is 1.59. The lowest BCUT2D eigenvalue weighted by Crippen LogP contribution is -2.12. The third kappa shape index (κ3) is 2.45. The summed E-state index contributed by atoms with van der Waals surface area (Å²) in [6.45, 7) is -1.50. The maximum absolute atomic E-state index is 12.1. The molecular weight excluding hydrogens is 220 g/mol. The molecule has 0 bridgehead atoms. The zero-order chi connectivity index (χ0) is 11.6. The lowest BCUT2D eigenvalue weighted by Gasteiger charge is -2.01. The molecule has 0 saturated heterocycles. The fourth-order valence-corrected chi connectivity index (χ4v) is 0.978. The number of aryl methyl sites for hydroxylation is 1. The number of nitrogens with zero attached hydrogens (tertiary/aromatic N) is 2. The van der Waals surface area contributed by atoms with E-state index in [4.69, 9.17) is 5.11 Å². The fraction of sp³-hybridized carbons (Fsp3) is 0.429. The van der Waals surface area contributed by atoms with Crippen molar-refractivity contribution in [2.45, 2.75) is 12.7 Å². The average Bonchev–Trinajstić information content (AvgIpc) is 2.48. The minimum atomic E-state index is -4.73. The molecule has 0 aliphatic carbocycles. The van der Waals surface area contributed by atoms with Gasteiger partial charge < -0.3 is 5.11 Å². The van der Waals surface area contributed by atoms with Crippen molar-refractivity contribution in [3.05, 3.63) is 17.5 Å². The van der Waals surface area contributed by atoms with E-state index in [0.29, 0.717) is 10.7 Å². The van der Waals surface area contributed by atoms with E-state index >= 15 is 0 Å². The quantitative estimate of drug-likeness (QED) is 0.796. The SMILES string of the molecule is O=C(O)c1cc(C(F)(F)F)nn1CCF. The van der Waals surface area contributed by atoms with Crippen LogP contribution in [0.15, 0.2) is 6.07 Å². The Hall–Kier alpha value is -1.60. The van der Waals surface area contributed by atoms with Crippen LogP contribution in [0, 0.1) is 0 Å². The molecule has 1 aromatic heterocycles. The van der Waals surface area contributed by atoms with Crippen LogP contribution >= 0.6 is 0 Å². The van der Waals surface area contributed by atoms with Crippen LogP contribution in [0.4, 0.5) is 17.6 Å². The van der Waals surface area contributed by atoms with Crippen LogP contribution in [-0.2, 0) is 12.7 Å². The molecule has 1 heterocycles. The van der Waals surface area contributed by atoms with Crippen LogP contribution in [0.1, 0.15) is 16.2 Å². The zero-order valence-electron chi connectivity index (χ0n) is 7.25. The molecule has 0 spiro atoms. The number of hydrogen-bond donors (Lipinski definition) is 1. The highest BCUT2D eigenvalue weighted by atomic mass is 19.4. The molecular formula is C7H6F4N2O2. The Morgan fingerprint density at radius 3 is 2.53 bits per heavy atom. The van der Waals surface area contributed by atoms with Gasteiger partial charge in [-0.25, -0.2) is 9.18 Å². The van der Waals surface area contributed by atoms with E-state index in [1.54, 1.807) is 0 Å². The van der Waals surface area contributed by atoms with Gasteiger partial charge in [0.1, 0.15) is 12.4 Å². The number of carboxylic acid groups (broad SMARTS) is 1. The van der Waals surface area contributed by atoms with E-state index < -0.39 is 36.8 Å². The van der Waals surface area contributed by atoms with Crippen LogP contribution in [0.25, 0.3) is 0 Å². The predicted molar refractivity (Wildman–Crippen MR) is 40.2 cm³/mol. The Bertz CT molecular complexity index is 372. The predicted octanol–water partition coefficient (Wildman–Crippen LogP) is 1.57. The monoisotopic (exact) mass is 226 g/mol. The van der Waals surface area contributed by atoms with Crippen molar-refractivity contribution in [3.63, 3.8) is 0 Å². The van der Waals surface area contributed by atoms with Crippen molar-refractivity contribution >= 4 is 5.97 Å². The zero-order valence-corrected chi connectivity index (χ0v) is 7.25. The number of carbonyl (C=O) groups is 1. The molecule has 0 radical (unpaired) electrons. The first kappa shape index (κ1) is 11.5. The second-order valence-electron chi connectivity index (χ2n) is 2.63. The normalized spacial score (nSPS) is 11.7. The highest BCUT2D eigenvalue weighted by molar-refractivity contribution is 5.85. The van der Waals surface area contributed by atoms with Crippen molar-refractivity contribution in [1.82, 2.24) is 9.78 Å². The lowest BCUT2D eigenvalue weighted by molar-refractivity contribution is -0.141. The van der Waals surface area contributed by atoms with E-state index in [9.17, 15) is 22.4 Å². The molecule has 0 amide bonds. The summed E-state index contributed by atoms with van der Waals surface area (Å²) in [6, 6.07) is 0.373. The Morgan fingerprint density at radius 2 is 2.13 bits per heavy atom. The molecule has 4 nitrogen and oxygen atoms in total. The number of rotatable bonds is 3. The molecule has 1 N–H and O–H groups in total. The van der Waals surface area contributed by atoms with Gasteiger partial charge in [0, 0.05) is 6.07 Å². The number of hydrogen-bond acceptors (Lipinski definition) is 2. The summed E-state index contributed by atoms with van der Waals surface area (Å²) in [6.07, 6.45) is -4.73. The summed E-state index contributed by atoms with van der Waals surface area (Å²) in [5.41, 5.74) is -2.02. The number of carboxylic acids is 1. The van der Waals surface area contributed by atoms with Gasteiger partial charge in [-0.15, -0.1) is 0 Å². The van der Waals surface area contributed by atoms with Crippen molar-refractivity contribution in [2.75, 3.05) is 6.67 Å². The standard InChI is InChI=1S/C7H6F4N2O2/c8-1-2-13-4(6(14)15)3-5(12-13)7(9,10)11/h3H,1-2H2,(H,14,15). The number of aromatic nitrogens is 2. The summed E-state index contributed by atoms with van der Waals surface area (Å²) in [7, 11) is 0. The molecule has 0 unspecified atom stereocenters. The lowest BCUT2D eigenvalue weighted by atomic mass is 10.3. The second-order valence-corrected chi connectivity index (χ2v) is 2.63. The first-order valence-electron chi connectivity index (χ1n) is 3.80.